The van der Waals surface area contributed by atoms with Gasteiger partial charge >= 0.3 is 12.0 Å². The molecule has 0 saturated carbocycles. The van der Waals surface area contributed by atoms with Crippen LogP contribution in [0, 0.1) is 18.2 Å². The molecule has 2 aliphatic heterocycles. The monoisotopic (exact) mass is 565 g/mol. The first-order valence-corrected chi connectivity index (χ1v) is 13.2. The van der Waals surface area contributed by atoms with Crippen LogP contribution in [-0.4, -0.2) is 93.7 Å². The number of rotatable bonds is 11. The fourth-order valence-electron chi connectivity index (χ4n) is 5.02. The molecule has 2 saturated heterocycles. The Labute approximate surface area is 237 Å². The van der Waals surface area contributed by atoms with Gasteiger partial charge in [-0.15, -0.1) is 6.42 Å². The summed E-state index contributed by atoms with van der Waals surface area (Å²) in [6.45, 7) is 0.261. The Morgan fingerprint density at radius 3 is 2.59 bits per heavy atom. The number of carbonyl (C=O) groups excluding carboxylic acids is 3. The summed E-state index contributed by atoms with van der Waals surface area (Å²) in [4.78, 5) is 54.5. The van der Waals surface area contributed by atoms with E-state index in [9.17, 15) is 28.7 Å². The van der Waals surface area contributed by atoms with Crippen LogP contribution in [0.1, 0.15) is 24.0 Å². The quantitative estimate of drug-likeness (QED) is 0.314. The van der Waals surface area contributed by atoms with Crippen molar-refractivity contribution >= 4 is 23.8 Å². The van der Waals surface area contributed by atoms with Gasteiger partial charge in [0, 0.05) is 19.5 Å². The fourth-order valence-corrected chi connectivity index (χ4v) is 5.02. The number of urea groups is 1. The summed E-state index contributed by atoms with van der Waals surface area (Å²) in [5.41, 5.74) is 1.49. The summed E-state index contributed by atoms with van der Waals surface area (Å²) in [5, 5.41) is 15.0. The predicted molar refractivity (Wildman–Crippen MR) is 145 cm³/mol. The highest BCUT2D eigenvalue weighted by Gasteiger charge is 2.51. The van der Waals surface area contributed by atoms with E-state index in [-0.39, 0.29) is 64.6 Å². The zero-order valence-electron chi connectivity index (χ0n) is 22.4. The number of fused-ring (bicyclic) bond motifs is 1. The zero-order valence-corrected chi connectivity index (χ0v) is 22.4. The second-order valence-corrected chi connectivity index (χ2v) is 9.71. The third-order valence-corrected chi connectivity index (χ3v) is 6.89. The largest absolute Gasteiger partial charge is 0.481 e. The van der Waals surface area contributed by atoms with Crippen LogP contribution in [-0.2, 0) is 32.3 Å². The Kier molecular flexibility index (Phi) is 9.89. The van der Waals surface area contributed by atoms with Crippen molar-refractivity contribution in [2.24, 2.45) is 0 Å². The lowest BCUT2D eigenvalue weighted by Gasteiger charge is -2.54. The van der Waals surface area contributed by atoms with Gasteiger partial charge in [0.2, 0.25) is 11.8 Å². The molecule has 4 rings (SSSR count). The number of nitrogens with one attached hydrogen (secondary N) is 1. The van der Waals surface area contributed by atoms with Gasteiger partial charge in [0.1, 0.15) is 18.0 Å². The number of benzene rings is 2. The van der Waals surface area contributed by atoms with Crippen molar-refractivity contribution in [2.75, 3.05) is 32.8 Å². The van der Waals surface area contributed by atoms with E-state index >= 15 is 0 Å². The van der Waals surface area contributed by atoms with Crippen molar-refractivity contribution in [1.29, 1.82) is 0 Å². The maximum Gasteiger partial charge on any atom is 0.334 e. The average molecular weight is 566 g/mol. The highest BCUT2D eigenvalue weighted by Crippen LogP contribution is 2.28. The molecule has 0 radical (unpaired) electrons. The number of piperazine rings is 1. The van der Waals surface area contributed by atoms with Crippen molar-refractivity contribution in [2.45, 2.75) is 38.2 Å². The maximum atomic E-state index is 13.5. The van der Waals surface area contributed by atoms with E-state index in [4.69, 9.17) is 11.2 Å². The second-order valence-electron chi connectivity index (χ2n) is 9.71. The SMILES string of the molecule is C#CCN1CC(=O)N2[C@@H](CCC(=O)O)C(=O)N(CCOCc3cccc(F)c3)C[C@@H]2N1C(=O)NCc1ccccc1. The van der Waals surface area contributed by atoms with Crippen molar-refractivity contribution in [1.82, 2.24) is 25.1 Å². The Morgan fingerprint density at radius 2 is 1.88 bits per heavy atom. The average Bonchev–Trinajstić information content (AvgIpc) is 2.95. The molecule has 2 fully saturated rings. The smallest absolute Gasteiger partial charge is 0.334 e. The molecular weight excluding hydrogens is 533 g/mol. The molecule has 2 atom stereocenters. The Morgan fingerprint density at radius 1 is 1.12 bits per heavy atom. The minimum Gasteiger partial charge on any atom is -0.481 e. The molecule has 0 unspecified atom stereocenters. The van der Waals surface area contributed by atoms with Gasteiger partial charge in [-0.3, -0.25) is 14.4 Å². The first-order valence-electron chi connectivity index (χ1n) is 13.2. The molecule has 0 aliphatic carbocycles. The maximum absolute atomic E-state index is 13.5. The van der Waals surface area contributed by atoms with Gasteiger partial charge in [-0.05, 0) is 29.7 Å². The zero-order chi connectivity index (χ0) is 29.4. The van der Waals surface area contributed by atoms with Crippen LogP contribution in [0.4, 0.5) is 9.18 Å². The summed E-state index contributed by atoms with van der Waals surface area (Å²) in [6.07, 6.45) is 4.17. The van der Waals surface area contributed by atoms with Crippen molar-refractivity contribution in [3.8, 4) is 12.3 Å². The third-order valence-electron chi connectivity index (χ3n) is 6.89. The number of terminal acetylenes is 1. The van der Waals surface area contributed by atoms with E-state index in [2.05, 4.69) is 11.2 Å². The minimum absolute atomic E-state index is 0.0285. The van der Waals surface area contributed by atoms with Gasteiger partial charge in [-0.2, -0.15) is 5.01 Å². The van der Waals surface area contributed by atoms with Crippen molar-refractivity contribution in [3.05, 3.63) is 71.5 Å². The standard InChI is InChI=1S/C29H32FN5O6/c1-2-13-33-19-26(36)34-24(11-12-27(37)38)28(39)32(14-15-41-20-22-9-6-10-23(30)16-22)18-25(34)35(33)29(40)31-17-21-7-4-3-5-8-21/h1,3-10,16,24-25H,11-15,17-20H2,(H,31,40)(H,37,38)/t24-,25-/m0/s1. The normalized spacial score (nSPS) is 19.1. The van der Waals surface area contributed by atoms with Gasteiger partial charge in [0.25, 0.3) is 0 Å². The number of carboxylic acid groups (broad SMARTS) is 1. The topological polar surface area (TPSA) is 123 Å². The van der Waals surface area contributed by atoms with Crippen LogP contribution < -0.4 is 5.32 Å². The highest BCUT2D eigenvalue weighted by atomic mass is 19.1. The van der Waals surface area contributed by atoms with E-state index in [0.717, 1.165) is 5.56 Å². The third kappa shape index (κ3) is 7.39. The van der Waals surface area contributed by atoms with E-state index in [0.29, 0.717) is 5.56 Å². The molecule has 41 heavy (non-hydrogen) atoms. The van der Waals surface area contributed by atoms with Crippen LogP contribution >= 0.6 is 0 Å². The molecule has 12 heteroatoms. The number of hydrogen-bond acceptors (Lipinski definition) is 6. The van der Waals surface area contributed by atoms with Crippen LogP contribution in [0.25, 0.3) is 0 Å². The number of aliphatic carboxylic acids is 1. The highest BCUT2D eigenvalue weighted by molar-refractivity contribution is 5.91. The molecule has 11 nitrogen and oxygen atoms in total. The Hall–Kier alpha value is -4.47. The van der Waals surface area contributed by atoms with E-state index in [1.54, 1.807) is 12.1 Å². The number of hydrogen-bond donors (Lipinski definition) is 2. The molecule has 2 N–H and O–H groups in total. The van der Waals surface area contributed by atoms with E-state index in [1.165, 1.54) is 32.0 Å². The number of nitrogens with zero attached hydrogens (tertiary/aromatic N) is 4. The summed E-state index contributed by atoms with van der Waals surface area (Å²) in [6, 6.07) is 13.7. The van der Waals surface area contributed by atoms with Gasteiger partial charge < -0.3 is 25.0 Å². The number of amides is 4. The fraction of sp³-hybridized carbons (Fsp3) is 0.379. The predicted octanol–water partition coefficient (Wildman–Crippen LogP) is 1.65. The van der Waals surface area contributed by atoms with E-state index < -0.39 is 36.0 Å². The molecule has 2 aliphatic rings. The molecule has 2 aromatic rings. The van der Waals surface area contributed by atoms with Crippen LogP contribution in [0.3, 0.4) is 0 Å². The summed E-state index contributed by atoms with van der Waals surface area (Å²) in [7, 11) is 0. The second kappa shape index (κ2) is 13.7. The Balaban J connectivity index is 1.54. The van der Waals surface area contributed by atoms with Gasteiger partial charge in [0.05, 0.1) is 32.8 Å². The molecular formula is C29H32FN5O6. The number of carboxylic acids is 1. The minimum atomic E-state index is -1.11. The number of carbonyl (C=O) groups is 4. The van der Waals surface area contributed by atoms with Crippen LogP contribution in [0.5, 0.6) is 0 Å². The number of ether oxygens (including phenoxy) is 1. The van der Waals surface area contributed by atoms with Gasteiger partial charge in [-0.25, -0.2) is 14.2 Å². The Bertz CT molecular complexity index is 1300. The lowest BCUT2D eigenvalue weighted by atomic mass is 10.0. The first kappa shape index (κ1) is 29.5. The van der Waals surface area contributed by atoms with E-state index in [1.807, 2.05) is 30.3 Å². The van der Waals surface area contributed by atoms with Crippen LogP contribution in [0.2, 0.25) is 0 Å². The molecule has 216 valence electrons. The van der Waals surface area contributed by atoms with Crippen molar-refractivity contribution in [3.63, 3.8) is 0 Å². The van der Waals surface area contributed by atoms with Crippen LogP contribution in [0.15, 0.2) is 54.6 Å². The van der Waals surface area contributed by atoms with Crippen molar-refractivity contribution < 1.29 is 33.4 Å². The van der Waals surface area contributed by atoms with Gasteiger partial charge in [0.15, 0.2) is 0 Å². The first-order chi connectivity index (χ1) is 19.8. The molecule has 4 amide bonds. The number of halogens is 1. The molecule has 2 aromatic carbocycles. The van der Waals surface area contributed by atoms with Gasteiger partial charge in [-0.1, -0.05) is 48.4 Å². The number of hydrazine groups is 1. The summed E-state index contributed by atoms with van der Waals surface area (Å²) in [5.74, 6) is 0.119. The molecule has 0 aromatic heterocycles. The molecule has 2 heterocycles. The molecule has 0 spiro atoms. The lowest BCUT2D eigenvalue weighted by molar-refractivity contribution is -0.190. The lowest BCUT2D eigenvalue weighted by Crippen LogP contribution is -2.76. The molecule has 0 bridgehead atoms. The summed E-state index contributed by atoms with van der Waals surface area (Å²) < 4.78 is 19.2. The summed E-state index contributed by atoms with van der Waals surface area (Å²) >= 11 is 0.